The molecule has 4 heteroatoms. The first-order chi connectivity index (χ1) is 6.92. The van der Waals surface area contributed by atoms with E-state index in [2.05, 4.69) is 15.3 Å². The minimum atomic E-state index is 0.667. The quantitative estimate of drug-likeness (QED) is 0.829. The van der Waals surface area contributed by atoms with Gasteiger partial charge in [-0.05, 0) is 30.5 Å². The van der Waals surface area contributed by atoms with Crippen LogP contribution in [0.15, 0.2) is 29.9 Å². The molecular weight excluding hydrogens is 194 g/mol. The Hall–Kier alpha value is -1.26. The molecule has 0 atom stereocenters. The third-order valence-corrected chi connectivity index (χ3v) is 2.90. The Bertz CT molecular complexity index is 397. The largest absolute Gasteiger partial charge is 0.330 e. The van der Waals surface area contributed by atoms with E-state index in [1.165, 1.54) is 4.88 Å². The summed E-state index contributed by atoms with van der Waals surface area (Å²) in [5, 5.41) is 2.05. The third kappa shape index (κ3) is 1.81. The van der Waals surface area contributed by atoms with Gasteiger partial charge in [-0.3, -0.25) is 0 Å². The average Bonchev–Trinajstić information content (AvgIpc) is 2.68. The van der Waals surface area contributed by atoms with E-state index in [9.17, 15) is 0 Å². The number of hydrogen-bond donors (Lipinski definition) is 1. The van der Waals surface area contributed by atoms with Gasteiger partial charge in [-0.1, -0.05) is 0 Å². The molecule has 72 valence electrons. The molecule has 2 aromatic rings. The lowest BCUT2D eigenvalue weighted by Gasteiger charge is -1.99. The van der Waals surface area contributed by atoms with Gasteiger partial charge in [-0.2, -0.15) is 0 Å². The summed E-state index contributed by atoms with van der Waals surface area (Å²) in [6, 6.07) is 3.86. The van der Waals surface area contributed by atoms with E-state index < -0.39 is 0 Å². The van der Waals surface area contributed by atoms with Crippen LogP contribution in [0.1, 0.15) is 4.88 Å². The van der Waals surface area contributed by atoms with Crippen molar-refractivity contribution in [1.29, 1.82) is 0 Å². The van der Waals surface area contributed by atoms with E-state index >= 15 is 0 Å². The van der Waals surface area contributed by atoms with Crippen molar-refractivity contribution in [2.45, 2.75) is 6.42 Å². The average molecular weight is 205 g/mol. The first kappa shape index (κ1) is 9.30. The lowest BCUT2D eigenvalue weighted by Crippen LogP contribution is -2.02. The van der Waals surface area contributed by atoms with Gasteiger partial charge < -0.3 is 5.73 Å². The van der Waals surface area contributed by atoms with Gasteiger partial charge >= 0.3 is 0 Å². The van der Waals surface area contributed by atoms with Gasteiger partial charge in [-0.15, -0.1) is 11.3 Å². The Balaban J connectivity index is 2.37. The van der Waals surface area contributed by atoms with Gasteiger partial charge in [0.2, 0.25) is 0 Å². The SMILES string of the molecule is NCCc1sccc1-c1ncccn1. The molecule has 2 rings (SSSR count). The van der Waals surface area contributed by atoms with E-state index in [0.29, 0.717) is 6.54 Å². The molecule has 0 aliphatic carbocycles. The van der Waals surface area contributed by atoms with Crippen LogP contribution in [-0.4, -0.2) is 16.5 Å². The highest BCUT2D eigenvalue weighted by molar-refractivity contribution is 7.10. The highest BCUT2D eigenvalue weighted by Gasteiger charge is 2.07. The lowest BCUT2D eigenvalue weighted by atomic mass is 10.2. The van der Waals surface area contributed by atoms with Crippen LogP contribution in [0, 0.1) is 0 Å². The van der Waals surface area contributed by atoms with Gasteiger partial charge in [-0.25, -0.2) is 9.97 Å². The first-order valence-corrected chi connectivity index (χ1v) is 5.33. The summed E-state index contributed by atoms with van der Waals surface area (Å²) in [6.45, 7) is 0.667. The van der Waals surface area contributed by atoms with Crippen LogP contribution in [0.25, 0.3) is 11.4 Å². The Labute approximate surface area is 86.6 Å². The van der Waals surface area contributed by atoms with E-state index in [0.717, 1.165) is 17.8 Å². The van der Waals surface area contributed by atoms with Crippen molar-refractivity contribution in [3.63, 3.8) is 0 Å². The Kier molecular flexibility index (Phi) is 2.86. The van der Waals surface area contributed by atoms with Crippen molar-refractivity contribution in [2.75, 3.05) is 6.54 Å². The summed E-state index contributed by atoms with van der Waals surface area (Å²) in [4.78, 5) is 9.70. The fourth-order valence-electron chi connectivity index (χ4n) is 1.30. The van der Waals surface area contributed by atoms with Crippen LogP contribution in [0.3, 0.4) is 0 Å². The minimum absolute atomic E-state index is 0.667. The van der Waals surface area contributed by atoms with Crippen LogP contribution in [-0.2, 0) is 6.42 Å². The molecule has 0 saturated carbocycles. The molecule has 0 saturated heterocycles. The second-order valence-electron chi connectivity index (χ2n) is 2.87. The van der Waals surface area contributed by atoms with E-state index in [1.54, 1.807) is 23.7 Å². The molecule has 0 spiro atoms. The summed E-state index contributed by atoms with van der Waals surface area (Å²) in [5.41, 5.74) is 6.64. The molecule has 3 nitrogen and oxygen atoms in total. The standard InChI is InChI=1S/C10H11N3S/c11-4-2-9-8(3-7-14-9)10-12-5-1-6-13-10/h1,3,5-7H,2,4,11H2. The lowest BCUT2D eigenvalue weighted by molar-refractivity contribution is 0.986. The number of nitrogens with two attached hydrogens (primary N) is 1. The third-order valence-electron chi connectivity index (χ3n) is 1.92. The molecule has 14 heavy (non-hydrogen) atoms. The van der Waals surface area contributed by atoms with Crippen molar-refractivity contribution >= 4 is 11.3 Å². The Morgan fingerprint density at radius 3 is 2.79 bits per heavy atom. The van der Waals surface area contributed by atoms with Gasteiger partial charge in [0.15, 0.2) is 5.82 Å². The molecule has 2 heterocycles. The molecule has 2 aromatic heterocycles. The van der Waals surface area contributed by atoms with Gasteiger partial charge in [0.05, 0.1) is 0 Å². The molecule has 0 radical (unpaired) electrons. The maximum atomic E-state index is 5.53. The maximum absolute atomic E-state index is 5.53. The number of aromatic nitrogens is 2. The smallest absolute Gasteiger partial charge is 0.160 e. The van der Waals surface area contributed by atoms with E-state index in [4.69, 9.17) is 5.73 Å². The van der Waals surface area contributed by atoms with Crippen molar-refractivity contribution in [1.82, 2.24) is 9.97 Å². The van der Waals surface area contributed by atoms with Crippen LogP contribution in [0.5, 0.6) is 0 Å². The summed E-state index contributed by atoms with van der Waals surface area (Å²) >= 11 is 1.71. The number of nitrogens with zero attached hydrogens (tertiary/aromatic N) is 2. The molecule has 0 fully saturated rings. The second kappa shape index (κ2) is 4.30. The fourth-order valence-corrected chi connectivity index (χ4v) is 2.19. The van der Waals surface area contributed by atoms with Crippen LogP contribution in [0.2, 0.25) is 0 Å². The highest BCUT2D eigenvalue weighted by Crippen LogP contribution is 2.25. The van der Waals surface area contributed by atoms with Crippen LogP contribution >= 0.6 is 11.3 Å². The summed E-state index contributed by atoms with van der Waals surface area (Å²) in [5.74, 6) is 0.789. The zero-order chi connectivity index (χ0) is 9.80. The maximum Gasteiger partial charge on any atom is 0.160 e. The summed E-state index contributed by atoms with van der Waals surface area (Å²) < 4.78 is 0. The van der Waals surface area contributed by atoms with Crippen molar-refractivity contribution < 1.29 is 0 Å². The second-order valence-corrected chi connectivity index (χ2v) is 3.87. The van der Waals surface area contributed by atoms with Gasteiger partial charge in [0, 0.05) is 22.8 Å². The predicted molar refractivity (Wildman–Crippen MR) is 58.1 cm³/mol. The van der Waals surface area contributed by atoms with Gasteiger partial charge in [0.25, 0.3) is 0 Å². The number of rotatable bonds is 3. The first-order valence-electron chi connectivity index (χ1n) is 4.45. The number of thiophene rings is 1. The molecule has 0 aromatic carbocycles. The molecule has 0 unspecified atom stereocenters. The van der Waals surface area contributed by atoms with Crippen molar-refractivity contribution in [2.24, 2.45) is 5.73 Å². The van der Waals surface area contributed by atoms with Crippen LogP contribution in [0.4, 0.5) is 0 Å². The normalized spacial score (nSPS) is 10.4. The van der Waals surface area contributed by atoms with Crippen molar-refractivity contribution in [3.8, 4) is 11.4 Å². The predicted octanol–water partition coefficient (Wildman–Crippen LogP) is 1.71. The molecule has 2 N–H and O–H groups in total. The van der Waals surface area contributed by atoms with Crippen LogP contribution < -0.4 is 5.73 Å². The summed E-state index contributed by atoms with van der Waals surface area (Å²) in [6.07, 6.45) is 4.41. The Morgan fingerprint density at radius 2 is 2.07 bits per heavy atom. The molecule has 0 aliphatic heterocycles. The fraction of sp³-hybridized carbons (Fsp3) is 0.200. The van der Waals surface area contributed by atoms with E-state index in [-0.39, 0.29) is 0 Å². The zero-order valence-electron chi connectivity index (χ0n) is 7.68. The molecule has 0 amide bonds. The highest BCUT2D eigenvalue weighted by atomic mass is 32.1. The number of hydrogen-bond acceptors (Lipinski definition) is 4. The molecule has 0 bridgehead atoms. The van der Waals surface area contributed by atoms with Gasteiger partial charge in [0.1, 0.15) is 0 Å². The zero-order valence-corrected chi connectivity index (χ0v) is 8.50. The molecule has 0 aliphatic rings. The van der Waals surface area contributed by atoms with Crippen molar-refractivity contribution in [3.05, 3.63) is 34.8 Å². The topological polar surface area (TPSA) is 51.8 Å². The Morgan fingerprint density at radius 1 is 1.29 bits per heavy atom. The minimum Gasteiger partial charge on any atom is -0.330 e. The summed E-state index contributed by atoms with van der Waals surface area (Å²) in [7, 11) is 0. The monoisotopic (exact) mass is 205 g/mol. The van der Waals surface area contributed by atoms with E-state index in [1.807, 2.05) is 12.1 Å². The molecular formula is C10H11N3S.